The van der Waals surface area contributed by atoms with Crippen molar-refractivity contribution >= 4 is 23.4 Å². The average Bonchev–Trinajstić information content (AvgIpc) is 2.46. The normalized spacial score (nSPS) is 11.8. The SMILES string of the molecule is CCCCC(CC)C(=O)NNC(=O)c1ccccc1Cl. The molecule has 0 aliphatic carbocycles. The van der Waals surface area contributed by atoms with Crippen LogP contribution in [0, 0.1) is 5.92 Å². The second kappa shape index (κ2) is 8.59. The van der Waals surface area contributed by atoms with Gasteiger partial charge in [-0.05, 0) is 25.0 Å². The van der Waals surface area contributed by atoms with Gasteiger partial charge in [0.25, 0.3) is 5.91 Å². The van der Waals surface area contributed by atoms with Crippen molar-refractivity contribution in [2.45, 2.75) is 39.5 Å². The van der Waals surface area contributed by atoms with Crippen LogP contribution in [0.3, 0.4) is 0 Å². The van der Waals surface area contributed by atoms with Gasteiger partial charge < -0.3 is 0 Å². The molecule has 1 atom stereocenters. The Hall–Kier alpha value is -1.55. The summed E-state index contributed by atoms with van der Waals surface area (Å²) in [4.78, 5) is 23.8. The highest BCUT2D eigenvalue weighted by Crippen LogP contribution is 2.15. The third kappa shape index (κ3) is 4.85. The summed E-state index contributed by atoms with van der Waals surface area (Å²) in [6.45, 7) is 4.06. The number of unbranched alkanes of at least 4 members (excludes halogenated alkanes) is 1. The van der Waals surface area contributed by atoms with E-state index in [1.807, 2.05) is 6.92 Å². The van der Waals surface area contributed by atoms with E-state index in [0.717, 1.165) is 25.7 Å². The van der Waals surface area contributed by atoms with E-state index < -0.39 is 5.91 Å². The Morgan fingerprint density at radius 2 is 1.90 bits per heavy atom. The van der Waals surface area contributed by atoms with E-state index in [1.165, 1.54) is 0 Å². The van der Waals surface area contributed by atoms with Crippen molar-refractivity contribution in [3.63, 3.8) is 0 Å². The highest BCUT2D eigenvalue weighted by Gasteiger charge is 2.17. The van der Waals surface area contributed by atoms with Crippen LogP contribution in [-0.4, -0.2) is 11.8 Å². The lowest BCUT2D eigenvalue weighted by Gasteiger charge is -2.15. The minimum atomic E-state index is -0.408. The molecule has 1 unspecified atom stereocenters. The Kier molecular flexibility index (Phi) is 7.09. The van der Waals surface area contributed by atoms with E-state index in [1.54, 1.807) is 24.3 Å². The van der Waals surface area contributed by atoms with Gasteiger partial charge in [0.2, 0.25) is 5.91 Å². The Labute approximate surface area is 124 Å². The lowest BCUT2D eigenvalue weighted by atomic mass is 9.99. The maximum Gasteiger partial charge on any atom is 0.271 e. The number of benzene rings is 1. The van der Waals surface area contributed by atoms with E-state index in [-0.39, 0.29) is 11.8 Å². The van der Waals surface area contributed by atoms with Gasteiger partial charge in [-0.1, -0.05) is 50.4 Å². The lowest BCUT2D eigenvalue weighted by molar-refractivity contribution is -0.126. The molecule has 0 spiro atoms. The van der Waals surface area contributed by atoms with Gasteiger partial charge in [0, 0.05) is 5.92 Å². The maximum absolute atomic E-state index is 11.9. The van der Waals surface area contributed by atoms with Crippen LogP contribution in [0.4, 0.5) is 0 Å². The number of carbonyl (C=O) groups excluding carboxylic acids is 2. The van der Waals surface area contributed by atoms with Crippen molar-refractivity contribution in [2.75, 3.05) is 0 Å². The number of hydrogen-bond acceptors (Lipinski definition) is 2. The first-order chi connectivity index (χ1) is 9.60. The van der Waals surface area contributed by atoms with Crippen molar-refractivity contribution in [1.29, 1.82) is 0 Å². The Balaban J connectivity index is 2.52. The zero-order valence-electron chi connectivity index (χ0n) is 11.9. The molecule has 0 aromatic heterocycles. The van der Waals surface area contributed by atoms with Gasteiger partial charge in [-0.25, -0.2) is 0 Å². The molecule has 0 bridgehead atoms. The number of rotatable bonds is 6. The number of nitrogens with one attached hydrogen (secondary N) is 2. The second-order valence-electron chi connectivity index (χ2n) is 4.67. The number of amides is 2. The van der Waals surface area contributed by atoms with Crippen molar-refractivity contribution in [3.8, 4) is 0 Å². The summed E-state index contributed by atoms with van der Waals surface area (Å²) in [7, 11) is 0. The molecular formula is C15H21ClN2O2. The van der Waals surface area contributed by atoms with Crippen molar-refractivity contribution in [2.24, 2.45) is 5.92 Å². The topological polar surface area (TPSA) is 58.2 Å². The van der Waals surface area contributed by atoms with E-state index in [4.69, 9.17) is 11.6 Å². The number of hydrogen-bond donors (Lipinski definition) is 2. The molecule has 0 saturated heterocycles. The predicted molar refractivity (Wildman–Crippen MR) is 80.4 cm³/mol. The monoisotopic (exact) mass is 296 g/mol. The number of halogens is 1. The third-order valence-electron chi connectivity index (χ3n) is 3.19. The van der Waals surface area contributed by atoms with Gasteiger partial charge >= 0.3 is 0 Å². The molecule has 2 amide bonds. The molecule has 0 radical (unpaired) electrons. The number of carbonyl (C=O) groups is 2. The molecule has 1 aromatic rings. The lowest BCUT2D eigenvalue weighted by Crippen LogP contribution is -2.44. The maximum atomic E-state index is 11.9. The molecule has 1 aromatic carbocycles. The van der Waals surface area contributed by atoms with Crippen LogP contribution in [0.1, 0.15) is 49.9 Å². The Morgan fingerprint density at radius 3 is 2.50 bits per heavy atom. The van der Waals surface area contributed by atoms with E-state index in [9.17, 15) is 9.59 Å². The summed E-state index contributed by atoms with van der Waals surface area (Å²) in [6.07, 6.45) is 3.65. The number of hydrazine groups is 1. The van der Waals surface area contributed by atoms with Crippen molar-refractivity contribution in [3.05, 3.63) is 34.9 Å². The summed E-state index contributed by atoms with van der Waals surface area (Å²) in [5.41, 5.74) is 5.22. The van der Waals surface area contributed by atoms with Crippen molar-refractivity contribution < 1.29 is 9.59 Å². The fourth-order valence-corrected chi connectivity index (χ4v) is 2.13. The molecule has 0 aliphatic rings. The van der Waals surface area contributed by atoms with E-state index >= 15 is 0 Å². The summed E-state index contributed by atoms with van der Waals surface area (Å²) < 4.78 is 0. The Morgan fingerprint density at radius 1 is 1.20 bits per heavy atom. The van der Waals surface area contributed by atoms with Crippen LogP contribution in [-0.2, 0) is 4.79 Å². The van der Waals surface area contributed by atoms with Crippen LogP contribution in [0.2, 0.25) is 5.02 Å². The van der Waals surface area contributed by atoms with Crippen LogP contribution in [0.5, 0.6) is 0 Å². The van der Waals surface area contributed by atoms with Crippen LogP contribution in [0.25, 0.3) is 0 Å². The molecule has 110 valence electrons. The van der Waals surface area contributed by atoms with E-state index in [2.05, 4.69) is 17.8 Å². The smallest absolute Gasteiger partial charge is 0.271 e. The molecule has 0 saturated carbocycles. The molecule has 1 rings (SSSR count). The van der Waals surface area contributed by atoms with Crippen LogP contribution >= 0.6 is 11.6 Å². The van der Waals surface area contributed by atoms with Gasteiger partial charge in [0.05, 0.1) is 10.6 Å². The minimum absolute atomic E-state index is 0.0681. The van der Waals surface area contributed by atoms with Crippen LogP contribution in [0.15, 0.2) is 24.3 Å². The first-order valence-corrected chi connectivity index (χ1v) is 7.32. The molecule has 4 nitrogen and oxygen atoms in total. The highest BCUT2D eigenvalue weighted by molar-refractivity contribution is 6.33. The minimum Gasteiger partial charge on any atom is -0.273 e. The largest absolute Gasteiger partial charge is 0.273 e. The van der Waals surface area contributed by atoms with Crippen LogP contribution < -0.4 is 10.9 Å². The first kappa shape index (κ1) is 16.5. The summed E-state index contributed by atoms with van der Waals surface area (Å²) in [5.74, 6) is -0.628. The Bertz CT molecular complexity index is 463. The van der Waals surface area contributed by atoms with E-state index in [0.29, 0.717) is 10.6 Å². The molecule has 2 N–H and O–H groups in total. The van der Waals surface area contributed by atoms with Gasteiger partial charge in [-0.3, -0.25) is 20.4 Å². The zero-order valence-corrected chi connectivity index (χ0v) is 12.7. The fraction of sp³-hybridized carbons (Fsp3) is 0.467. The molecule has 0 aliphatic heterocycles. The van der Waals surface area contributed by atoms with Crippen molar-refractivity contribution in [1.82, 2.24) is 10.9 Å². The molecule has 0 heterocycles. The molecular weight excluding hydrogens is 276 g/mol. The standard InChI is InChI=1S/C15H21ClN2O2/c1-3-5-8-11(4-2)14(19)17-18-15(20)12-9-6-7-10-13(12)16/h6-7,9-11H,3-5,8H2,1-2H3,(H,17,19)(H,18,20). The summed E-state index contributed by atoms with van der Waals surface area (Å²) >= 11 is 5.92. The zero-order chi connectivity index (χ0) is 15.0. The summed E-state index contributed by atoms with van der Waals surface area (Å²) in [5, 5.41) is 0.359. The third-order valence-corrected chi connectivity index (χ3v) is 3.52. The summed E-state index contributed by atoms with van der Waals surface area (Å²) in [6, 6.07) is 6.71. The molecule has 0 fully saturated rings. The average molecular weight is 297 g/mol. The van der Waals surface area contributed by atoms with Gasteiger partial charge in [-0.15, -0.1) is 0 Å². The molecule has 20 heavy (non-hydrogen) atoms. The predicted octanol–water partition coefficient (Wildman–Crippen LogP) is 3.32. The van der Waals surface area contributed by atoms with Gasteiger partial charge in [0.1, 0.15) is 0 Å². The fourth-order valence-electron chi connectivity index (χ4n) is 1.90. The molecule has 5 heteroatoms. The second-order valence-corrected chi connectivity index (χ2v) is 5.08. The van der Waals surface area contributed by atoms with Gasteiger partial charge in [0.15, 0.2) is 0 Å². The first-order valence-electron chi connectivity index (χ1n) is 6.94. The quantitative estimate of drug-likeness (QED) is 0.791. The highest BCUT2D eigenvalue weighted by atomic mass is 35.5. The van der Waals surface area contributed by atoms with Gasteiger partial charge in [-0.2, -0.15) is 0 Å².